The summed E-state index contributed by atoms with van der Waals surface area (Å²) in [6, 6.07) is 0. The fourth-order valence-corrected chi connectivity index (χ4v) is 7.48. The van der Waals surface area contributed by atoms with Gasteiger partial charge in [0.15, 0.2) is 12.6 Å². The molecule has 0 bridgehead atoms. The minimum absolute atomic E-state index is 0.0226. The molecule has 0 amide bonds. The molecule has 0 unspecified atom stereocenters. The Bertz CT molecular complexity index is 1980. The Kier molecular flexibility index (Phi) is 40.0. The summed E-state index contributed by atoms with van der Waals surface area (Å²) in [5.41, 5.74) is 14.3. The fourth-order valence-electron chi connectivity index (χ4n) is 7.48. The number of esters is 1. The van der Waals surface area contributed by atoms with Crippen LogP contribution in [0.3, 0.4) is 0 Å². The van der Waals surface area contributed by atoms with E-state index in [9.17, 15) is 57.4 Å². The smallest absolute Gasteiger partial charge is 0.313 e. The van der Waals surface area contributed by atoms with Crippen molar-refractivity contribution in [1.29, 1.82) is 5.53 Å². The number of nitrogens with zero attached hydrogens (tertiary/aromatic N) is 3. The summed E-state index contributed by atoms with van der Waals surface area (Å²) in [5.74, 6) is -8.35. The number of aliphatic hydroxyl groups is 6. The van der Waals surface area contributed by atoms with Gasteiger partial charge in [-0.2, -0.15) is 13.9 Å². The fraction of sp³-hybridized carbons (Fsp3) is 0.784. The van der Waals surface area contributed by atoms with Gasteiger partial charge < -0.3 is 113 Å². The molecule has 1 aromatic carbocycles. The number of hydrogen-bond donors (Lipinski definition) is 10. The van der Waals surface area contributed by atoms with Crippen molar-refractivity contribution >= 4 is 5.97 Å². The SMILES string of the molecule is N=N/C(=C\NCCOCCOCCOCCN(CCOCCOCCOCCC(=O)Oc1c(F)c(F)c(F)c(F)c1F)CCOCCOCCOCCN(N)/C=C(\N)CCO[C@H]1C[C@@H](O)[C@@H](O)[C@@H](CO)O1)CCO[C@H]1C[C@@H](O)[C@@H](O)[C@@H](CO)O1. The lowest BCUT2D eigenvalue weighted by Crippen LogP contribution is -2.50. The molecule has 2 heterocycles. The average molecular weight is 1230 g/mol. The third-order valence-corrected chi connectivity index (χ3v) is 12.1. The van der Waals surface area contributed by atoms with E-state index in [0.717, 1.165) is 0 Å². The van der Waals surface area contributed by atoms with E-state index < -0.39 is 110 Å². The van der Waals surface area contributed by atoms with Crippen molar-refractivity contribution in [3.8, 4) is 5.75 Å². The van der Waals surface area contributed by atoms with E-state index in [0.29, 0.717) is 136 Å². The van der Waals surface area contributed by atoms with Crippen LogP contribution in [0.5, 0.6) is 5.75 Å². The van der Waals surface area contributed by atoms with Crippen LogP contribution in [0.4, 0.5) is 22.0 Å². The quantitative estimate of drug-likeness (QED) is 0.00432. The molecule has 2 saturated heterocycles. The monoisotopic (exact) mass is 1230 g/mol. The molecule has 0 aromatic heterocycles. The second-order valence-corrected chi connectivity index (χ2v) is 18.5. The van der Waals surface area contributed by atoms with E-state index >= 15 is 0 Å². The van der Waals surface area contributed by atoms with Crippen LogP contribution in [0.2, 0.25) is 0 Å². The van der Waals surface area contributed by atoms with Crippen LogP contribution in [-0.2, 0) is 66.4 Å². The van der Waals surface area contributed by atoms with Gasteiger partial charge in [-0.05, 0) is 0 Å². The Labute approximate surface area is 484 Å². The van der Waals surface area contributed by atoms with Crippen molar-refractivity contribution in [2.24, 2.45) is 16.7 Å². The third-order valence-electron chi connectivity index (χ3n) is 12.1. The number of benzene rings is 1. The number of hydrazine groups is 1. The number of nitrogens with one attached hydrogen (secondary N) is 2. The van der Waals surface area contributed by atoms with Crippen molar-refractivity contribution < 1.29 is 124 Å². The summed E-state index contributed by atoms with van der Waals surface area (Å²) in [4.78, 5) is 14.0. The van der Waals surface area contributed by atoms with E-state index in [1.807, 2.05) is 0 Å². The first kappa shape index (κ1) is 74.2. The summed E-state index contributed by atoms with van der Waals surface area (Å²) in [5, 5.41) is 66.1. The molecular weight excluding hydrogens is 1140 g/mol. The summed E-state index contributed by atoms with van der Waals surface area (Å²) in [6.45, 7) is 6.65. The number of carbonyl (C=O) groups is 1. The van der Waals surface area contributed by atoms with Gasteiger partial charge >= 0.3 is 5.97 Å². The minimum Gasteiger partial charge on any atom is -0.420 e. The molecule has 1 aromatic rings. The third kappa shape index (κ3) is 31.1. The van der Waals surface area contributed by atoms with Crippen molar-refractivity contribution in [3.05, 3.63) is 52.9 Å². The standard InChI is InChI=1S/C51H86F5N7O21/c52-44-45(53)47(55)51(48(56)46(44)54)84-41(68)3-9-71-17-23-77-25-19-73-13-5-62(6-14-74-20-26-78-24-18-72-12-4-60-31-36(61-58)2-11-81-43-30-38(67)50(70)40(34-65)83-43)7-15-75-21-27-79-28-22-76-16-8-63(59)32-35(57)1-10-80-42-29-37(66)49(69)39(33-64)82-42/h31-32,37-40,42-43,49-50,58,60,64-67,69-70H,1-30,33-34,57,59H2/b35-32-,36-31-,61-58?/t37-,38-,39-,40-,42-,43-,49-,50-/m1/s1. The van der Waals surface area contributed by atoms with E-state index in [-0.39, 0.29) is 65.5 Å². The lowest BCUT2D eigenvalue weighted by atomic mass is 10.0. The lowest BCUT2D eigenvalue weighted by Gasteiger charge is -2.36. The first-order chi connectivity index (χ1) is 40.6. The highest BCUT2D eigenvalue weighted by Crippen LogP contribution is 2.29. The van der Waals surface area contributed by atoms with Crippen molar-refractivity contribution in [2.45, 2.75) is 81.3 Å². The van der Waals surface area contributed by atoms with Crippen LogP contribution in [-0.4, -0.2) is 274 Å². The Morgan fingerprint density at radius 1 is 0.571 bits per heavy atom. The van der Waals surface area contributed by atoms with Crippen LogP contribution >= 0.6 is 0 Å². The topological polar surface area (TPSA) is 374 Å². The number of carbonyl (C=O) groups excluding carboxylic acids is 1. The number of aliphatic hydroxyl groups excluding tert-OH is 6. The van der Waals surface area contributed by atoms with Crippen molar-refractivity contribution in [3.63, 3.8) is 0 Å². The molecule has 2 aliphatic heterocycles. The highest BCUT2D eigenvalue weighted by atomic mass is 19.2. The van der Waals surface area contributed by atoms with E-state index in [1.165, 1.54) is 5.01 Å². The molecule has 0 saturated carbocycles. The van der Waals surface area contributed by atoms with Crippen LogP contribution in [0.25, 0.3) is 0 Å². The maximum Gasteiger partial charge on any atom is 0.313 e. The molecule has 33 heteroatoms. The van der Waals surface area contributed by atoms with Gasteiger partial charge in [0.05, 0.1) is 176 Å². The highest BCUT2D eigenvalue weighted by molar-refractivity contribution is 5.72. The van der Waals surface area contributed by atoms with Crippen molar-refractivity contribution in [2.75, 3.05) is 178 Å². The van der Waals surface area contributed by atoms with Gasteiger partial charge in [-0.1, -0.05) is 0 Å². The number of ether oxygens (including phenoxy) is 14. The summed E-state index contributed by atoms with van der Waals surface area (Å²) in [7, 11) is 0. The average Bonchev–Trinajstić information content (AvgIpc) is 3.58. The number of nitrogens with two attached hydrogens (primary N) is 2. The molecule has 12 N–H and O–H groups in total. The Morgan fingerprint density at radius 2 is 0.964 bits per heavy atom. The van der Waals surface area contributed by atoms with Crippen molar-refractivity contribution in [1.82, 2.24) is 15.2 Å². The maximum absolute atomic E-state index is 13.8. The molecule has 8 atom stereocenters. The molecule has 2 fully saturated rings. The van der Waals surface area contributed by atoms with Gasteiger partial charge in [0.1, 0.15) is 24.4 Å². The maximum atomic E-state index is 13.8. The number of halogens is 5. The zero-order chi connectivity index (χ0) is 61.3. The summed E-state index contributed by atoms with van der Waals surface area (Å²) >= 11 is 0. The Balaban J connectivity index is 1.24. The zero-order valence-electron chi connectivity index (χ0n) is 47.1. The second-order valence-electron chi connectivity index (χ2n) is 18.5. The van der Waals surface area contributed by atoms with E-state index in [4.69, 9.17) is 78.7 Å². The molecular formula is C51H86F5N7O21. The number of rotatable bonds is 50. The van der Waals surface area contributed by atoms with Gasteiger partial charge in [0, 0.05) is 70.0 Å². The molecule has 84 heavy (non-hydrogen) atoms. The number of hydrogen-bond acceptors (Lipinski definition) is 28. The van der Waals surface area contributed by atoms with E-state index in [1.54, 1.807) is 12.4 Å². The molecule has 3 rings (SSSR count). The van der Waals surface area contributed by atoms with Crippen LogP contribution in [0, 0.1) is 34.6 Å². The normalized spacial score (nSPS) is 21.3. The minimum atomic E-state index is -2.38. The van der Waals surface area contributed by atoms with Gasteiger partial charge in [-0.25, -0.2) is 24.5 Å². The molecule has 28 nitrogen and oxygen atoms in total. The lowest BCUT2D eigenvalue weighted by molar-refractivity contribution is -0.256. The predicted octanol–water partition coefficient (Wildman–Crippen LogP) is -0.962. The molecule has 486 valence electrons. The largest absolute Gasteiger partial charge is 0.420 e. The molecule has 0 aliphatic carbocycles. The van der Waals surface area contributed by atoms with Crippen LogP contribution in [0.15, 0.2) is 28.9 Å². The van der Waals surface area contributed by atoms with Crippen LogP contribution < -0.4 is 21.6 Å². The highest BCUT2D eigenvalue weighted by Gasteiger charge is 2.38. The Morgan fingerprint density at radius 3 is 1.40 bits per heavy atom. The molecule has 0 spiro atoms. The summed E-state index contributed by atoms with van der Waals surface area (Å²) < 4.78 is 144. The predicted molar refractivity (Wildman–Crippen MR) is 281 cm³/mol. The Hall–Kier alpha value is -4.02. The van der Waals surface area contributed by atoms with Crippen LogP contribution in [0.1, 0.15) is 32.1 Å². The first-order valence-corrected chi connectivity index (χ1v) is 27.5. The van der Waals surface area contributed by atoms with E-state index in [2.05, 4.69) is 20.1 Å². The van der Waals surface area contributed by atoms with Gasteiger partial charge in [-0.3, -0.25) is 9.69 Å². The van der Waals surface area contributed by atoms with Gasteiger partial charge in [-0.15, -0.1) is 0 Å². The first-order valence-electron chi connectivity index (χ1n) is 27.5. The van der Waals surface area contributed by atoms with Gasteiger partial charge in [0.2, 0.25) is 34.8 Å². The second kappa shape index (κ2) is 45.3. The zero-order valence-corrected chi connectivity index (χ0v) is 47.1. The summed E-state index contributed by atoms with van der Waals surface area (Å²) in [6.07, 6.45) is -4.75. The molecule has 2 aliphatic rings. The van der Waals surface area contributed by atoms with Gasteiger partial charge in [0.25, 0.3) is 0 Å². The molecule has 0 radical (unpaired) electrons.